The molecule has 0 aliphatic rings. The average molecular weight is 535 g/mol. The Balaban J connectivity index is 1.52. The highest BCUT2D eigenvalue weighted by molar-refractivity contribution is 7.89. The van der Waals surface area contributed by atoms with E-state index in [0.29, 0.717) is 21.8 Å². The summed E-state index contributed by atoms with van der Waals surface area (Å²) >= 11 is 7.31. The van der Waals surface area contributed by atoms with E-state index in [2.05, 4.69) is 4.72 Å². The first kappa shape index (κ1) is 24.5. The van der Waals surface area contributed by atoms with Gasteiger partial charge < -0.3 is 0 Å². The van der Waals surface area contributed by atoms with Gasteiger partial charge in [-0.2, -0.15) is 4.72 Å². The van der Waals surface area contributed by atoms with Crippen LogP contribution in [0, 0.1) is 6.92 Å². The van der Waals surface area contributed by atoms with Gasteiger partial charge in [-0.1, -0.05) is 95.7 Å². The quantitative estimate of drug-likeness (QED) is 0.272. The van der Waals surface area contributed by atoms with Crippen molar-refractivity contribution in [3.05, 3.63) is 134 Å². The van der Waals surface area contributed by atoms with E-state index in [9.17, 15) is 13.2 Å². The predicted molar refractivity (Wildman–Crippen MR) is 146 cm³/mol. The van der Waals surface area contributed by atoms with Gasteiger partial charge in [0.1, 0.15) is 0 Å². The fourth-order valence-corrected chi connectivity index (χ4v) is 6.68. The van der Waals surface area contributed by atoms with Crippen molar-refractivity contribution in [1.82, 2.24) is 9.29 Å². The van der Waals surface area contributed by atoms with Gasteiger partial charge in [0.15, 0.2) is 0 Å². The second-order valence-corrected chi connectivity index (χ2v) is 11.6. The van der Waals surface area contributed by atoms with Gasteiger partial charge in [-0.05, 0) is 53.4 Å². The summed E-state index contributed by atoms with van der Waals surface area (Å²) in [7, 11) is -3.91. The first-order valence-electron chi connectivity index (χ1n) is 11.3. The van der Waals surface area contributed by atoms with E-state index in [4.69, 9.17) is 11.6 Å². The van der Waals surface area contributed by atoms with E-state index in [1.165, 1.54) is 0 Å². The molecule has 1 N–H and O–H groups in total. The van der Waals surface area contributed by atoms with Crippen LogP contribution in [0.1, 0.15) is 28.3 Å². The Labute approximate surface area is 218 Å². The van der Waals surface area contributed by atoms with Crippen molar-refractivity contribution in [1.29, 1.82) is 0 Å². The van der Waals surface area contributed by atoms with E-state index in [1.54, 1.807) is 28.8 Å². The van der Waals surface area contributed by atoms with Crippen LogP contribution in [-0.4, -0.2) is 13.0 Å². The predicted octanol–water partition coefficient (Wildman–Crippen LogP) is 6.14. The highest BCUT2D eigenvalue weighted by Crippen LogP contribution is 2.29. The molecule has 182 valence electrons. The van der Waals surface area contributed by atoms with E-state index >= 15 is 0 Å². The van der Waals surface area contributed by atoms with Crippen molar-refractivity contribution in [3.63, 3.8) is 0 Å². The Kier molecular flexibility index (Phi) is 6.81. The summed E-state index contributed by atoms with van der Waals surface area (Å²) in [5.41, 5.74) is 4.20. The van der Waals surface area contributed by atoms with Crippen molar-refractivity contribution in [2.75, 3.05) is 0 Å². The van der Waals surface area contributed by atoms with Gasteiger partial charge in [-0.25, -0.2) is 8.42 Å². The number of fused-ring (bicyclic) bond motifs is 1. The molecular weight excluding hydrogens is 512 g/mol. The summed E-state index contributed by atoms with van der Waals surface area (Å²) in [4.78, 5) is 12.7. The Morgan fingerprint density at radius 3 is 2.36 bits per heavy atom. The number of nitrogens with zero attached hydrogens (tertiary/aromatic N) is 1. The molecule has 1 aromatic heterocycles. The zero-order valence-corrected chi connectivity index (χ0v) is 21.8. The number of thiazole rings is 1. The molecule has 5 nitrogen and oxygen atoms in total. The number of rotatable bonds is 7. The zero-order valence-electron chi connectivity index (χ0n) is 19.4. The molecule has 0 aliphatic carbocycles. The number of sulfonamides is 1. The van der Waals surface area contributed by atoms with Crippen LogP contribution in [0.4, 0.5) is 0 Å². The van der Waals surface area contributed by atoms with Crippen molar-refractivity contribution >= 4 is 43.2 Å². The Hall–Kier alpha value is -3.23. The standard InChI is InChI=1S/C28H23ClN2O3S2/c1-19-9-5-7-13-23(19)27(20-10-3-2-4-11-20)30-36(33,34)22-15-16-25-26(17-22)35-28(32)31(25)18-21-12-6-8-14-24(21)29/h2-17,27,30H,18H2,1H3/t27-/m0/s1. The second-order valence-electron chi connectivity index (χ2n) is 8.50. The first-order chi connectivity index (χ1) is 17.3. The van der Waals surface area contributed by atoms with Crippen molar-refractivity contribution in [2.24, 2.45) is 0 Å². The second kappa shape index (κ2) is 10.0. The molecule has 0 fully saturated rings. The van der Waals surface area contributed by atoms with Gasteiger partial charge in [0.05, 0.1) is 27.7 Å². The Morgan fingerprint density at radius 2 is 1.61 bits per heavy atom. The minimum atomic E-state index is -3.91. The smallest absolute Gasteiger partial charge is 0.294 e. The number of aromatic nitrogens is 1. The van der Waals surface area contributed by atoms with Gasteiger partial charge in [0.25, 0.3) is 0 Å². The van der Waals surface area contributed by atoms with Crippen LogP contribution in [0.5, 0.6) is 0 Å². The van der Waals surface area contributed by atoms with E-state index in [0.717, 1.165) is 33.6 Å². The highest BCUT2D eigenvalue weighted by Gasteiger charge is 2.25. The summed E-state index contributed by atoms with van der Waals surface area (Å²) in [6.07, 6.45) is 0. The number of hydrogen-bond donors (Lipinski definition) is 1. The minimum absolute atomic E-state index is 0.107. The first-order valence-corrected chi connectivity index (χ1v) is 14.0. The van der Waals surface area contributed by atoms with Crippen molar-refractivity contribution in [3.8, 4) is 0 Å². The summed E-state index contributed by atoms with van der Waals surface area (Å²) in [5.74, 6) is 0. The van der Waals surface area contributed by atoms with Gasteiger partial charge in [-0.3, -0.25) is 9.36 Å². The van der Waals surface area contributed by atoms with Gasteiger partial charge in [-0.15, -0.1) is 0 Å². The van der Waals surface area contributed by atoms with E-state index in [-0.39, 0.29) is 9.77 Å². The molecule has 0 saturated heterocycles. The van der Waals surface area contributed by atoms with Crippen LogP contribution in [0.15, 0.2) is 107 Å². The monoisotopic (exact) mass is 534 g/mol. The third-order valence-electron chi connectivity index (χ3n) is 6.14. The SMILES string of the molecule is Cc1ccccc1[C@@H](NS(=O)(=O)c1ccc2c(c1)sc(=O)n2Cc1ccccc1Cl)c1ccccc1. The fraction of sp³-hybridized carbons (Fsp3) is 0.107. The van der Waals surface area contributed by atoms with Gasteiger partial charge in [0, 0.05) is 5.02 Å². The summed E-state index contributed by atoms with van der Waals surface area (Å²) < 4.78 is 32.2. The van der Waals surface area contributed by atoms with Crippen molar-refractivity contribution < 1.29 is 8.42 Å². The van der Waals surface area contributed by atoms with Crippen LogP contribution < -0.4 is 9.60 Å². The molecule has 1 heterocycles. The Morgan fingerprint density at radius 1 is 0.917 bits per heavy atom. The third kappa shape index (κ3) is 4.88. The normalized spacial score (nSPS) is 12.6. The van der Waals surface area contributed by atoms with Crippen LogP contribution in [0.2, 0.25) is 5.02 Å². The lowest BCUT2D eigenvalue weighted by Gasteiger charge is -2.21. The van der Waals surface area contributed by atoms with Gasteiger partial charge in [0.2, 0.25) is 10.0 Å². The summed E-state index contributed by atoms with van der Waals surface area (Å²) in [5, 5.41) is 0.579. The molecule has 0 unspecified atom stereocenters. The molecule has 1 atom stereocenters. The van der Waals surface area contributed by atoms with Crippen LogP contribution >= 0.6 is 22.9 Å². The molecule has 4 aromatic carbocycles. The molecule has 0 aliphatic heterocycles. The Bertz CT molecular complexity index is 1710. The lowest BCUT2D eigenvalue weighted by molar-refractivity contribution is 0.572. The largest absolute Gasteiger partial charge is 0.308 e. The summed E-state index contributed by atoms with van der Waals surface area (Å²) in [6, 6.07) is 28.8. The molecule has 5 aromatic rings. The van der Waals surface area contributed by atoms with Crippen LogP contribution in [-0.2, 0) is 16.6 Å². The molecule has 0 radical (unpaired) electrons. The molecule has 5 rings (SSSR count). The van der Waals surface area contributed by atoms with Crippen LogP contribution in [0.25, 0.3) is 10.2 Å². The lowest BCUT2D eigenvalue weighted by Crippen LogP contribution is -2.30. The molecule has 0 bridgehead atoms. The average Bonchev–Trinajstić information content (AvgIpc) is 3.19. The highest BCUT2D eigenvalue weighted by atomic mass is 35.5. The molecule has 0 saturated carbocycles. The minimum Gasteiger partial charge on any atom is -0.294 e. The van der Waals surface area contributed by atoms with Gasteiger partial charge >= 0.3 is 4.87 Å². The number of nitrogens with one attached hydrogen (secondary N) is 1. The number of hydrogen-bond acceptors (Lipinski definition) is 4. The molecule has 0 spiro atoms. The molecular formula is C28H23ClN2O3S2. The summed E-state index contributed by atoms with van der Waals surface area (Å²) in [6.45, 7) is 2.27. The number of halogens is 1. The van der Waals surface area contributed by atoms with Crippen LogP contribution in [0.3, 0.4) is 0 Å². The zero-order chi connectivity index (χ0) is 25.3. The van der Waals surface area contributed by atoms with E-state index < -0.39 is 16.1 Å². The lowest BCUT2D eigenvalue weighted by atomic mass is 9.96. The molecule has 0 amide bonds. The third-order valence-corrected chi connectivity index (χ3v) is 8.87. The maximum atomic E-state index is 13.6. The van der Waals surface area contributed by atoms with E-state index in [1.807, 2.05) is 79.7 Å². The maximum absolute atomic E-state index is 13.6. The number of aryl methyl sites for hydroxylation is 1. The fourth-order valence-electron chi connectivity index (χ4n) is 4.25. The molecule has 8 heteroatoms. The maximum Gasteiger partial charge on any atom is 0.308 e. The number of benzene rings is 4. The van der Waals surface area contributed by atoms with Crippen molar-refractivity contribution in [2.45, 2.75) is 24.4 Å². The topological polar surface area (TPSA) is 68.2 Å². The molecule has 36 heavy (non-hydrogen) atoms.